The van der Waals surface area contributed by atoms with Crippen LogP contribution in [0.2, 0.25) is 0 Å². The van der Waals surface area contributed by atoms with Crippen LogP contribution in [0.4, 0.5) is 0 Å². The molecule has 1 aliphatic heterocycles. The van der Waals surface area contributed by atoms with Crippen LogP contribution in [-0.2, 0) is 13.0 Å². The summed E-state index contributed by atoms with van der Waals surface area (Å²) in [6.07, 6.45) is 1.52. The molecule has 1 unspecified atom stereocenters. The minimum atomic E-state index is -0.257. The van der Waals surface area contributed by atoms with Crippen LogP contribution >= 0.6 is 0 Å². The smallest absolute Gasteiger partial charge is 0.127 e. The Labute approximate surface area is 128 Å². The zero-order valence-electron chi connectivity index (χ0n) is 14.0. The van der Waals surface area contributed by atoms with Gasteiger partial charge in [0.25, 0.3) is 0 Å². The number of aliphatic hydroxyl groups excluding tert-OH is 1. The Morgan fingerprint density at radius 3 is 2.76 bits per heavy atom. The Bertz CT molecular complexity index is 492. The van der Waals surface area contributed by atoms with Crippen molar-refractivity contribution >= 4 is 0 Å². The van der Waals surface area contributed by atoms with Crippen LogP contribution in [0.3, 0.4) is 0 Å². The quantitative estimate of drug-likeness (QED) is 0.845. The summed E-state index contributed by atoms with van der Waals surface area (Å²) < 4.78 is 6.09. The van der Waals surface area contributed by atoms with Crippen LogP contribution < -0.4 is 10.1 Å². The van der Waals surface area contributed by atoms with E-state index in [-0.39, 0.29) is 17.1 Å². The molecule has 1 aliphatic rings. The van der Waals surface area contributed by atoms with Crippen molar-refractivity contribution < 1.29 is 9.84 Å². The van der Waals surface area contributed by atoms with Gasteiger partial charge >= 0.3 is 0 Å². The second-order valence-corrected chi connectivity index (χ2v) is 7.76. The second-order valence-electron chi connectivity index (χ2n) is 7.76. The molecule has 1 atom stereocenters. The first-order valence-electron chi connectivity index (χ1n) is 7.87. The van der Waals surface area contributed by atoms with E-state index < -0.39 is 0 Å². The number of fused-ring (bicyclic) bond motifs is 1. The van der Waals surface area contributed by atoms with Gasteiger partial charge in [0, 0.05) is 25.1 Å². The average molecular weight is 291 g/mol. The monoisotopic (exact) mass is 291 g/mol. The van der Waals surface area contributed by atoms with Crippen molar-refractivity contribution in [2.45, 2.75) is 65.7 Å². The molecule has 118 valence electrons. The molecule has 2 N–H and O–H groups in total. The normalized spacial score (nSPS) is 18.2. The van der Waals surface area contributed by atoms with Crippen LogP contribution in [0.1, 0.15) is 52.2 Å². The highest BCUT2D eigenvalue weighted by Gasteiger charge is 2.31. The third-order valence-corrected chi connectivity index (χ3v) is 3.94. The minimum absolute atomic E-state index is 0.0895. The summed E-state index contributed by atoms with van der Waals surface area (Å²) in [4.78, 5) is 0. The van der Waals surface area contributed by atoms with Crippen molar-refractivity contribution in [3.63, 3.8) is 0 Å². The highest BCUT2D eigenvalue weighted by molar-refractivity contribution is 5.45. The summed E-state index contributed by atoms with van der Waals surface area (Å²) in [5, 5.41) is 13.1. The van der Waals surface area contributed by atoms with E-state index in [4.69, 9.17) is 4.74 Å². The average Bonchev–Trinajstić information content (AvgIpc) is 2.62. The number of hydrogen-bond acceptors (Lipinski definition) is 3. The SMILES string of the molecule is CC(O)CC(C)(C)CNCc1cccc2c1OC(C)(C)C2. The first-order chi connectivity index (χ1) is 9.69. The topological polar surface area (TPSA) is 41.5 Å². The summed E-state index contributed by atoms with van der Waals surface area (Å²) in [5.74, 6) is 1.06. The van der Waals surface area contributed by atoms with E-state index in [2.05, 4.69) is 51.2 Å². The van der Waals surface area contributed by atoms with Crippen molar-refractivity contribution in [3.05, 3.63) is 29.3 Å². The van der Waals surface area contributed by atoms with E-state index in [0.717, 1.165) is 31.7 Å². The molecule has 0 bridgehead atoms. The largest absolute Gasteiger partial charge is 0.487 e. The molecule has 0 spiro atoms. The maximum Gasteiger partial charge on any atom is 0.127 e. The van der Waals surface area contributed by atoms with E-state index in [1.165, 1.54) is 11.1 Å². The fraction of sp³-hybridized carbons (Fsp3) is 0.667. The van der Waals surface area contributed by atoms with Crippen LogP contribution in [-0.4, -0.2) is 23.4 Å². The predicted molar refractivity (Wildman–Crippen MR) is 86.6 cm³/mol. The number of nitrogens with one attached hydrogen (secondary N) is 1. The van der Waals surface area contributed by atoms with Gasteiger partial charge in [-0.3, -0.25) is 0 Å². The molecule has 2 rings (SSSR count). The van der Waals surface area contributed by atoms with Crippen molar-refractivity contribution in [1.29, 1.82) is 0 Å². The highest BCUT2D eigenvalue weighted by Crippen LogP contribution is 2.37. The lowest BCUT2D eigenvalue weighted by molar-refractivity contribution is 0.127. The maximum absolute atomic E-state index is 9.54. The van der Waals surface area contributed by atoms with E-state index in [1.807, 2.05) is 6.92 Å². The molecular formula is C18H29NO2. The van der Waals surface area contributed by atoms with E-state index in [0.29, 0.717) is 0 Å². The Balaban J connectivity index is 1.95. The Kier molecular flexibility index (Phi) is 4.64. The van der Waals surface area contributed by atoms with Gasteiger partial charge in [0.1, 0.15) is 11.4 Å². The number of para-hydroxylation sites is 1. The van der Waals surface area contributed by atoms with E-state index in [9.17, 15) is 5.11 Å². The van der Waals surface area contributed by atoms with Gasteiger partial charge in [-0.2, -0.15) is 0 Å². The summed E-state index contributed by atoms with van der Waals surface area (Å²) in [6, 6.07) is 6.40. The fourth-order valence-corrected chi connectivity index (χ4v) is 3.23. The highest BCUT2D eigenvalue weighted by atomic mass is 16.5. The lowest BCUT2D eigenvalue weighted by Crippen LogP contribution is -2.32. The zero-order valence-corrected chi connectivity index (χ0v) is 14.0. The van der Waals surface area contributed by atoms with Gasteiger partial charge in [0.2, 0.25) is 0 Å². The zero-order chi connectivity index (χ0) is 15.7. The molecule has 0 aliphatic carbocycles. The third-order valence-electron chi connectivity index (χ3n) is 3.94. The molecule has 0 saturated heterocycles. The molecule has 0 radical (unpaired) electrons. The number of aliphatic hydroxyl groups is 1. The van der Waals surface area contributed by atoms with E-state index >= 15 is 0 Å². The fourth-order valence-electron chi connectivity index (χ4n) is 3.23. The van der Waals surface area contributed by atoms with Gasteiger partial charge in [0.15, 0.2) is 0 Å². The third kappa shape index (κ3) is 4.45. The molecule has 3 nitrogen and oxygen atoms in total. The molecule has 21 heavy (non-hydrogen) atoms. The summed E-state index contributed by atoms with van der Waals surface area (Å²) in [6.45, 7) is 12.2. The Morgan fingerprint density at radius 2 is 2.10 bits per heavy atom. The van der Waals surface area contributed by atoms with Crippen molar-refractivity contribution in [2.75, 3.05) is 6.54 Å². The molecule has 1 aromatic carbocycles. The molecule has 0 fully saturated rings. The van der Waals surface area contributed by atoms with Crippen molar-refractivity contribution in [2.24, 2.45) is 5.41 Å². The Hall–Kier alpha value is -1.06. The minimum Gasteiger partial charge on any atom is -0.487 e. The predicted octanol–water partition coefficient (Wildman–Crippen LogP) is 3.29. The molecule has 0 aromatic heterocycles. The maximum atomic E-state index is 9.54. The second kappa shape index (κ2) is 5.98. The molecule has 1 heterocycles. The number of rotatable bonds is 6. The first kappa shape index (κ1) is 16.3. The standard InChI is InChI=1S/C18H29NO2/c1-13(20)9-17(2,3)12-19-11-15-8-6-7-14-10-18(4,5)21-16(14)15/h6-8,13,19-20H,9-12H2,1-5H3. The Morgan fingerprint density at radius 1 is 1.38 bits per heavy atom. The van der Waals surface area contributed by atoms with Gasteiger partial charge < -0.3 is 15.2 Å². The molecular weight excluding hydrogens is 262 g/mol. The van der Waals surface area contributed by atoms with Gasteiger partial charge in [-0.25, -0.2) is 0 Å². The van der Waals surface area contributed by atoms with Gasteiger partial charge in [-0.15, -0.1) is 0 Å². The van der Waals surface area contributed by atoms with Gasteiger partial charge in [-0.05, 0) is 38.2 Å². The molecule has 0 saturated carbocycles. The lowest BCUT2D eigenvalue weighted by atomic mass is 9.87. The van der Waals surface area contributed by atoms with Crippen LogP contribution in [0.15, 0.2) is 18.2 Å². The van der Waals surface area contributed by atoms with Gasteiger partial charge in [-0.1, -0.05) is 32.0 Å². The number of benzene rings is 1. The van der Waals surface area contributed by atoms with Gasteiger partial charge in [0.05, 0.1) is 6.10 Å². The van der Waals surface area contributed by atoms with Crippen LogP contribution in [0, 0.1) is 5.41 Å². The molecule has 3 heteroatoms. The van der Waals surface area contributed by atoms with Crippen molar-refractivity contribution in [3.8, 4) is 5.75 Å². The number of ether oxygens (including phenoxy) is 1. The van der Waals surface area contributed by atoms with E-state index in [1.54, 1.807) is 0 Å². The summed E-state index contributed by atoms with van der Waals surface area (Å²) >= 11 is 0. The van der Waals surface area contributed by atoms with Crippen molar-refractivity contribution in [1.82, 2.24) is 5.32 Å². The molecule has 0 amide bonds. The summed E-state index contributed by atoms with van der Waals surface area (Å²) in [7, 11) is 0. The molecule has 1 aromatic rings. The summed E-state index contributed by atoms with van der Waals surface area (Å²) in [5.41, 5.74) is 2.53. The number of hydrogen-bond donors (Lipinski definition) is 2. The lowest BCUT2D eigenvalue weighted by Gasteiger charge is -2.26. The first-order valence-corrected chi connectivity index (χ1v) is 7.87. The van der Waals surface area contributed by atoms with Crippen LogP contribution in [0.25, 0.3) is 0 Å². The van der Waals surface area contributed by atoms with Crippen LogP contribution in [0.5, 0.6) is 5.75 Å².